The minimum Gasteiger partial charge on any atom is -0.490 e. The number of carbonyl (C=O) groups excluding carboxylic acids is 1. The first-order valence-electron chi connectivity index (χ1n) is 18.7. The SMILES string of the molecule is C[C@@H]1[C@@H](C)CCC[C@H]([C@H]2OC[C@](CO)(N(C)C)CO2)[C@@H]2CC[C@H]2CN2C[C@@]3(CCCc4cc(Cl)ccc43)COc3ccc(cc32)C(=O)NS1(=O)=O. The van der Waals surface area contributed by atoms with Crippen LogP contribution in [-0.2, 0) is 31.3 Å². The third-order valence-corrected chi connectivity index (χ3v) is 15.3. The number of anilines is 1. The van der Waals surface area contributed by atoms with Crippen LogP contribution >= 0.6 is 11.6 Å². The highest BCUT2D eigenvalue weighted by atomic mass is 35.5. The van der Waals surface area contributed by atoms with E-state index in [0.717, 1.165) is 62.2 Å². The maximum atomic E-state index is 13.6. The Morgan fingerprint density at radius 2 is 1.78 bits per heavy atom. The number of aliphatic hydroxyl groups excluding tert-OH is 1. The van der Waals surface area contributed by atoms with Crippen molar-refractivity contribution < 1.29 is 32.5 Å². The molecule has 2 aromatic rings. The maximum absolute atomic E-state index is 13.6. The number of likely N-dealkylation sites (N-methyl/N-ethyl adjacent to an activating group) is 1. The fourth-order valence-electron chi connectivity index (χ4n) is 9.28. The molecule has 3 aliphatic heterocycles. The number of hydrogen-bond donors (Lipinski definition) is 2. The van der Waals surface area contributed by atoms with E-state index in [0.29, 0.717) is 55.9 Å². The van der Waals surface area contributed by atoms with Crippen molar-refractivity contribution in [2.45, 2.75) is 87.7 Å². The van der Waals surface area contributed by atoms with Crippen molar-refractivity contribution in [3.8, 4) is 5.75 Å². The number of hydrogen-bond acceptors (Lipinski definition) is 9. The van der Waals surface area contributed by atoms with Gasteiger partial charge in [0, 0.05) is 35.0 Å². The van der Waals surface area contributed by atoms with E-state index in [1.165, 1.54) is 11.1 Å². The van der Waals surface area contributed by atoms with Crippen molar-refractivity contribution in [2.24, 2.45) is 23.7 Å². The quantitative estimate of drug-likeness (QED) is 0.427. The van der Waals surface area contributed by atoms with Crippen LogP contribution in [0.15, 0.2) is 36.4 Å². The molecular weight excluding hydrogens is 690 g/mol. The molecule has 1 amide bonds. The van der Waals surface area contributed by atoms with Crippen molar-refractivity contribution in [1.29, 1.82) is 0 Å². The predicted molar refractivity (Wildman–Crippen MR) is 198 cm³/mol. The molecule has 0 aromatic heterocycles. The fourth-order valence-corrected chi connectivity index (χ4v) is 10.8. The molecule has 1 spiro atoms. The van der Waals surface area contributed by atoms with E-state index < -0.39 is 33.0 Å². The molecule has 2 N–H and O–H groups in total. The number of fused-ring (bicyclic) bond motifs is 4. The Hall–Kier alpha value is -2.41. The molecule has 6 atom stereocenters. The van der Waals surface area contributed by atoms with Crippen molar-refractivity contribution in [3.05, 3.63) is 58.1 Å². The van der Waals surface area contributed by atoms with Crippen molar-refractivity contribution in [3.63, 3.8) is 0 Å². The predicted octanol–water partition coefficient (Wildman–Crippen LogP) is 5.39. The first-order valence-corrected chi connectivity index (χ1v) is 20.7. The van der Waals surface area contributed by atoms with Crippen molar-refractivity contribution >= 4 is 33.2 Å². The van der Waals surface area contributed by atoms with Gasteiger partial charge in [0.2, 0.25) is 10.0 Å². The molecular formula is C39H54ClN3O7S. The second kappa shape index (κ2) is 14.4. The normalized spacial score (nSPS) is 35.5. The van der Waals surface area contributed by atoms with Crippen molar-refractivity contribution in [1.82, 2.24) is 9.62 Å². The molecule has 2 aliphatic carbocycles. The molecule has 280 valence electrons. The summed E-state index contributed by atoms with van der Waals surface area (Å²) in [5.41, 5.74) is 2.78. The highest BCUT2D eigenvalue weighted by Crippen LogP contribution is 2.49. The van der Waals surface area contributed by atoms with E-state index in [9.17, 15) is 18.3 Å². The number of rotatable bonds is 3. The van der Waals surface area contributed by atoms with Crippen LogP contribution in [0.3, 0.4) is 0 Å². The van der Waals surface area contributed by atoms with Gasteiger partial charge in [-0.15, -0.1) is 0 Å². The summed E-state index contributed by atoms with van der Waals surface area (Å²) in [5, 5.41) is 10.3. The summed E-state index contributed by atoms with van der Waals surface area (Å²) >= 11 is 6.47. The minimum atomic E-state index is -3.94. The number of halogens is 1. The Morgan fingerprint density at radius 1 is 1.00 bits per heavy atom. The molecule has 2 bridgehead atoms. The van der Waals surface area contributed by atoms with E-state index in [-0.39, 0.29) is 23.9 Å². The number of amides is 1. The molecule has 0 radical (unpaired) electrons. The summed E-state index contributed by atoms with van der Waals surface area (Å²) < 4.78 is 49.1. The maximum Gasteiger partial charge on any atom is 0.264 e. The molecule has 2 aromatic carbocycles. The van der Waals surface area contributed by atoms with Gasteiger partial charge in [-0.2, -0.15) is 0 Å². The van der Waals surface area contributed by atoms with Gasteiger partial charge < -0.3 is 24.2 Å². The summed E-state index contributed by atoms with van der Waals surface area (Å²) in [6, 6.07) is 11.5. The number of aryl methyl sites for hydroxylation is 1. The molecule has 1 saturated carbocycles. The average Bonchev–Trinajstić information content (AvgIpc) is 3.25. The molecule has 7 rings (SSSR count). The lowest BCUT2D eigenvalue weighted by atomic mass is 9.64. The lowest BCUT2D eigenvalue weighted by Crippen LogP contribution is -2.60. The first kappa shape index (κ1) is 36.9. The number of carbonyl (C=O) groups is 1. The molecule has 51 heavy (non-hydrogen) atoms. The number of benzene rings is 2. The smallest absolute Gasteiger partial charge is 0.264 e. The van der Waals surface area contributed by atoms with Gasteiger partial charge in [-0.3, -0.25) is 9.69 Å². The molecule has 2 fully saturated rings. The van der Waals surface area contributed by atoms with Crippen LogP contribution in [0.5, 0.6) is 5.75 Å². The number of ether oxygens (including phenoxy) is 3. The molecule has 10 nitrogen and oxygen atoms in total. The van der Waals surface area contributed by atoms with E-state index in [1.54, 1.807) is 13.0 Å². The summed E-state index contributed by atoms with van der Waals surface area (Å²) in [6.07, 6.45) is 7.04. The minimum absolute atomic E-state index is 0.0562. The molecule has 1 saturated heterocycles. The van der Waals surface area contributed by atoms with Gasteiger partial charge in [0.1, 0.15) is 5.75 Å². The van der Waals surface area contributed by atoms with Crippen LogP contribution < -0.4 is 14.4 Å². The molecule has 5 aliphatic rings. The molecule has 0 unspecified atom stereocenters. The fraction of sp³-hybridized carbons (Fsp3) is 0.667. The zero-order valence-corrected chi connectivity index (χ0v) is 32.0. The molecule has 12 heteroatoms. The zero-order valence-electron chi connectivity index (χ0n) is 30.4. The van der Waals surface area contributed by atoms with Crippen LogP contribution in [-0.4, -0.2) is 95.0 Å². The Balaban J connectivity index is 1.26. The summed E-state index contributed by atoms with van der Waals surface area (Å²) in [7, 11) is -0.0537. The van der Waals surface area contributed by atoms with Crippen LogP contribution in [0.25, 0.3) is 0 Å². The second-order valence-corrected chi connectivity index (χ2v) is 18.8. The Morgan fingerprint density at radius 3 is 2.49 bits per heavy atom. The van der Waals surface area contributed by atoms with E-state index in [2.05, 4.69) is 21.8 Å². The number of sulfonamides is 1. The van der Waals surface area contributed by atoms with Gasteiger partial charge in [0.05, 0.1) is 42.9 Å². The third-order valence-electron chi connectivity index (χ3n) is 13.1. The summed E-state index contributed by atoms with van der Waals surface area (Å²) in [5.74, 6) is 0.739. The summed E-state index contributed by atoms with van der Waals surface area (Å²) in [6.45, 7) is 6.32. The first-order chi connectivity index (χ1) is 24.3. The van der Waals surface area contributed by atoms with Gasteiger partial charge in [0.25, 0.3) is 5.91 Å². The van der Waals surface area contributed by atoms with Gasteiger partial charge in [-0.1, -0.05) is 31.0 Å². The van der Waals surface area contributed by atoms with Gasteiger partial charge in [0.15, 0.2) is 6.29 Å². The van der Waals surface area contributed by atoms with E-state index >= 15 is 0 Å². The van der Waals surface area contributed by atoms with Crippen LogP contribution in [0.4, 0.5) is 5.69 Å². The topological polar surface area (TPSA) is 118 Å². The van der Waals surface area contributed by atoms with Crippen LogP contribution in [0.1, 0.15) is 80.3 Å². The Bertz CT molecular complexity index is 1710. The Labute approximate surface area is 308 Å². The number of aliphatic hydroxyl groups is 1. The van der Waals surface area contributed by atoms with Gasteiger partial charge in [-0.05, 0) is 125 Å². The van der Waals surface area contributed by atoms with Gasteiger partial charge in [-0.25, -0.2) is 13.1 Å². The zero-order chi connectivity index (χ0) is 36.1. The highest BCUT2D eigenvalue weighted by Gasteiger charge is 2.48. The summed E-state index contributed by atoms with van der Waals surface area (Å²) in [4.78, 5) is 18.0. The second-order valence-electron chi connectivity index (χ2n) is 16.3. The largest absolute Gasteiger partial charge is 0.490 e. The number of nitrogens with zero attached hydrogens (tertiary/aromatic N) is 2. The third kappa shape index (κ3) is 7.03. The lowest BCUT2D eigenvalue weighted by Gasteiger charge is -2.50. The standard InChI is InChI=1S/C39H54ClN3O7S/c1-25-7-5-9-32(37-49-23-39(21-44,24-50-37)42(3)4)31-13-10-29(31)19-43-20-38(16-6-8-27-17-30(40)12-14-33(27)38)22-48-35-15-11-28(18-34(35)43)36(45)41-51(46,47)26(25)2/h11-12,14-15,17-18,25-26,29,31-32,37,44H,5-10,13,16,19-24H2,1-4H3,(H,41,45)/t25-,26+,29-,31+,32-,37-,38-,39-/m0/s1. The van der Waals surface area contributed by atoms with Crippen LogP contribution in [0.2, 0.25) is 5.02 Å². The van der Waals surface area contributed by atoms with Crippen LogP contribution in [0, 0.1) is 23.7 Å². The van der Waals surface area contributed by atoms with Crippen molar-refractivity contribution in [2.75, 3.05) is 58.5 Å². The van der Waals surface area contributed by atoms with Gasteiger partial charge >= 0.3 is 0 Å². The van der Waals surface area contributed by atoms with E-state index in [4.69, 9.17) is 25.8 Å². The van der Waals surface area contributed by atoms with E-state index in [1.807, 2.05) is 44.1 Å². The Kier molecular flexibility index (Phi) is 10.5. The monoisotopic (exact) mass is 743 g/mol. The molecule has 3 heterocycles. The average molecular weight is 744 g/mol. The lowest BCUT2D eigenvalue weighted by molar-refractivity contribution is -0.267. The highest BCUT2D eigenvalue weighted by molar-refractivity contribution is 7.90. The number of nitrogens with one attached hydrogen (secondary N) is 1.